The molecule has 0 aromatic rings. The van der Waals surface area contributed by atoms with Crippen LogP contribution < -0.4 is 5.32 Å². The molecule has 0 saturated heterocycles. The van der Waals surface area contributed by atoms with E-state index in [4.69, 9.17) is 14.6 Å². The van der Waals surface area contributed by atoms with E-state index in [0.717, 1.165) is 52.2 Å². The van der Waals surface area contributed by atoms with Crippen LogP contribution in [0.15, 0.2) is 0 Å². The molecular weight excluding hydrogens is 194 g/mol. The molecule has 0 saturated carbocycles. The van der Waals surface area contributed by atoms with Crippen molar-refractivity contribution in [2.75, 3.05) is 40.0 Å². The van der Waals surface area contributed by atoms with E-state index in [2.05, 4.69) is 5.32 Å². The maximum absolute atomic E-state index is 9.01. The highest BCUT2D eigenvalue weighted by molar-refractivity contribution is 4.51. The third-order valence-electron chi connectivity index (χ3n) is 2.04. The van der Waals surface area contributed by atoms with Gasteiger partial charge < -0.3 is 19.9 Å². The van der Waals surface area contributed by atoms with Crippen LogP contribution in [-0.4, -0.2) is 51.2 Å². The van der Waals surface area contributed by atoms with Gasteiger partial charge in [-0.1, -0.05) is 0 Å². The summed E-state index contributed by atoms with van der Waals surface area (Å²) in [6.45, 7) is 5.93. The molecule has 0 spiro atoms. The van der Waals surface area contributed by atoms with Crippen LogP contribution in [0.25, 0.3) is 0 Å². The van der Waals surface area contributed by atoms with Gasteiger partial charge in [-0.15, -0.1) is 0 Å². The predicted octanol–water partition coefficient (Wildman–Crippen LogP) is 0.790. The molecule has 0 fully saturated rings. The molecule has 0 aromatic heterocycles. The smallest absolute Gasteiger partial charge is 0.0590 e. The summed E-state index contributed by atoms with van der Waals surface area (Å²) in [5.74, 6) is 0. The Morgan fingerprint density at radius 3 is 2.60 bits per heavy atom. The van der Waals surface area contributed by atoms with Crippen molar-refractivity contribution in [1.82, 2.24) is 5.32 Å². The fourth-order valence-electron chi connectivity index (χ4n) is 1.20. The quantitative estimate of drug-likeness (QED) is 0.504. The monoisotopic (exact) mass is 219 g/mol. The SMILES string of the molecule is COCCCOCCNCCCC(C)O. The summed E-state index contributed by atoms with van der Waals surface area (Å²) in [7, 11) is 1.70. The maximum Gasteiger partial charge on any atom is 0.0590 e. The summed E-state index contributed by atoms with van der Waals surface area (Å²) in [5, 5.41) is 12.3. The van der Waals surface area contributed by atoms with Crippen molar-refractivity contribution in [2.24, 2.45) is 0 Å². The fourth-order valence-corrected chi connectivity index (χ4v) is 1.20. The van der Waals surface area contributed by atoms with Gasteiger partial charge >= 0.3 is 0 Å². The Kier molecular flexibility index (Phi) is 11.8. The Morgan fingerprint density at radius 2 is 1.93 bits per heavy atom. The van der Waals surface area contributed by atoms with Crippen LogP contribution in [0.4, 0.5) is 0 Å². The van der Waals surface area contributed by atoms with Gasteiger partial charge in [0.05, 0.1) is 12.7 Å². The van der Waals surface area contributed by atoms with E-state index in [-0.39, 0.29) is 6.10 Å². The van der Waals surface area contributed by atoms with Gasteiger partial charge in [0, 0.05) is 26.9 Å². The Morgan fingerprint density at radius 1 is 1.13 bits per heavy atom. The lowest BCUT2D eigenvalue weighted by molar-refractivity contribution is 0.104. The number of hydrogen-bond donors (Lipinski definition) is 2. The average Bonchev–Trinajstić information content (AvgIpc) is 2.20. The number of nitrogens with one attached hydrogen (secondary N) is 1. The molecular formula is C11H25NO3. The zero-order valence-electron chi connectivity index (χ0n) is 10.00. The van der Waals surface area contributed by atoms with Crippen LogP contribution in [0, 0.1) is 0 Å². The highest BCUT2D eigenvalue weighted by Crippen LogP contribution is 1.93. The normalized spacial score (nSPS) is 13.0. The number of methoxy groups -OCH3 is 1. The molecule has 0 heterocycles. The minimum absolute atomic E-state index is 0.183. The van der Waals surface area contributed by atoms with Crippen molar-refractivity contribution in [3.05, 3.63) is 0 Å². The van der Waals surface area contributed by atoms with Gasteiger partial charge in [0.1, 0.15) is 0 Å². The van der Waals surface area contributed by atoms with Crippen molar-refractivity contribution < 1.29 is 14.6 Å². The lowest BCUT2D eigenvalue weighted by atomic mass is 10.2. The predicted molar refractivity (Wildman–Crippen MR) is 61.1 cm³/mol. The number of hydrogen-bond acceptors (Lipinski definition) is 4. The fraction of sp³-hybridized carbons (Fsp3) is 1.00. The van der Waals surface area contributed by atoms with Crippen molar-refractivity contribution in [1.29, 1.82) is 0 Å². The van der Waals surface area contributed by atoms with E-state index in [1.54, 1.807) is 7.11 Å². The molecule has 0 aliphatic rings. The first kappa shape index (κ1) is 14.8. The van der Waals surface area contributed by atoms with E-state index in [1.807, 2.05) is 6.92 Å². The van der Waals surface area contributed by atoms with Crippen LogP contribution in [0.2, 0.25) is 0 Å². The van der Waals surface area contributed by atoms with Crippen LogP contribution in [0.3, 0.4) is 0 Å². The van der Waals surface area contributed by atoms with E-state index >= 15 is 0 Å². The molecule has 4 heteroatoms. The third kappa shape index (κ3) is 13.8. The topological polar surface area (TPSA) is 50.7 Å². The largest absolute Gasteiger partial charge is 0.393 e. The van der Waals surface area contributed by atoms with Crippen molar-refractivity contribution in [3.63, 3.8) is 0 Å². The first-order valence-corrected chi connectivity index (χ1v) is 5.73. The van der Waals surface area contributed by atoms with E-state index < -0.39 is 0 Å². The second kappa shape index (κ2) is 11.9. The van der Waals surface area contributed by atoms with Crippen molar-refractivity contribution in [3.8, 4) is 0 Å². The standard InChI is InChI=1S/C11H25NO3/c1-11(13)5-3-6-12-7-10-15-9-4-8-14-2/h11-13H,3-10H2,1-2H3. The lowest BCUT2D eigenvalue weighted by Crippen LogP contribution is -2.22. The molecule has 0 aromatic carbocycles. The summed E-state index contributed by atoms with van der Waals surface area (Å²) in [4.78, 5) is 0. The van der Waals surface area contributed by atoms with Gasteiger partial charge in [0.25, 0.3) is 0 Å². The molecule has 0 amide bonds. The highest BCUT2D eigenvalue weighted by atomic mass is 16.5. The summed E-state index contributed by atoms with van der Waals surface area (Å²) in [6, 6.07) is 0. The molecule has 4 nitrogen and oxygen atoms in total. The Bertz CT molecular complexity index is 120. The zero-order chi connectivity index (χ0) is 11.4. The van der Waals surface area contributed by atoms with Crippen LogP contribution in [-0.2, 0) is 9.47 Å². The first-order valence-electron chi connectivity index (χ1n) is 5.73. The van der Waals surface area contributed by atoms with Gasteiger partial charge in [-0.05, 0) is 32.7 Å². The first-order chi connectivity index (χ1) is 7.27. The molecule has 15 heavy (non-hydrogen) atoms. The van der Waals surface area contributed by atoms with Gasteiger partial charge in [0.2, 0.25) is 0 Å². The molecule has 0 rings (SSSR count). The summed E-state index contributed by atoms with van der Waals surface area (Å²) >= 11 is 0. The second-order valence-corrected chi connectivity index (χ2v) is 3.70. The van der Waals surface area contributed by atoms with Gasteiger partial charge in [0.15, 0.2) is 0 Å². The number of ether oxygens (including phenoxy) is 2. The molecule has 1 unspecified atom stereocenters. The minimum atomic E-state index is -0.183. The average molecular weight is 219 g/mol. The minimum Gasteiger partial charge on any atom is -0.393 e. The highest BCUT2D eigenvalue weighted by Gasteiger charge is 1.94. The number of aliphatic hydroxyl groups is 1. The zero-order valence-corrected chi connectivity index (χ0v) is 10.00. The molecule has 1 atom stereocenters. The summed E-state index contributed by atoms with van der Waals surface area (Å²) in [5.41, 5.74) is 0. The van der Waals surface area contributed by atoms with Gasteiger partial charge in [-0.3, -0.25) is 0 Å². The lowest BCUT2D eigenvalue weighted by Gasteiger charge is -2.07. The van der Waals surface area contributed by atoms with Crippen molar-refractivity contribution >= 4 is 0 Å². The Hall–Kier alpha value is -0.160. The molecule has 0 bridgehead atoms. The molecule has 0 aliphatic carbocycles. The van der Waals surface area contributed by atoms with E-state index in [9.17, 15) is 0 Å². The van der Waals surface area contributed by atoms with Gasteiger partial charge in [-0.2, -0.15) is 0 Å². The molecule has 0 aliphatic heterocycles. The maximum atomic E-state index is 9.01. The third-order valence-corrected chi connectivity index (χ3v) is 2.04. The van der Waals surface area contributed by atoms with Gasteiger partial charge in [-0.25, -0.2) is 0 Å². The van der Waals surface area contributed by atoms with Crippen LogP contribution in [0.1, 0.15) is 26.2 Å². The number of rotatable bonds is 11. The number of aliphatic hydroxyl groups excluding tert-OH is 1. The Labute approximate surface area is 93.0 Å². The van der Waals surface area contributed by atoms with Crippen LogP contribution >= 0.6 is 0 Å². The summed E-state index contributed by atoms with van der Waals surface area (Å²) < 4.78 is 10.3. The van der Waals surface area contributed by atoms with Crippen LogP contribution in [0.5, 0.6) is 0 Å². The van der Waals surface area contributed by atoms with Crippen molar-refractivity contribution in [2.45, 2.75) is 32.3 Å². The molecule has 92 valence electrons. The van der Waals surface area contributed by atoms with E-state index in [1.165, 1.54) is 0 Å². The second-order valence-electron chi connectivity index (χ2n) is 3.70. The summed E-state index contributed by atoms with van der Waals surface area (Å²) in [6.07, 6.45) is 2.65. The van der Waals surface area contributed by atoms with E-state index in [0.29, 0.717) is 0 Å². The molecule has 2 N–H and O–H groups in total. The Balaban J connectivity index is 2.87. The molecule has 0 radical (unpaired) electrons.